The predicted molar refractivity (Wildman–Crippen MR) is 109 cm³/mol. The molecule has 0 bridgehead atoms. The average molecular weight is 429 g/mol. The van der Waals surface area contributed by atoms with Crippen molar-refractivity contribution in [3.8, 4) is 0 Å². The van der Waals surface area contributed by atoms with E-state index in [2.05, 4.69) is 29.2 Å². The van der Waals surface area contributed by atoms with Crippen molar-refractivity contribution in [1.82, 2.24) is 15.2 Å². The van der Waals surface area contributed by atoms with Crippen LogP contribution in [0, 0.1) is 5.92 Å². The van der Waals surface area contributed by atoms with Crippen molar-refractivity contribution in [2.75, 3.05) is 44.4 Å². The van der Waals surface area contributed by atoms with E-state index in [1.807, 2.05) is 0 Å². The Morgan fingerprint density at radius 1 is 1.28 bits per heavy atom. The second kappa shape index (κ2) is 9.53. The minimum atomic E-state index is -3.13. The summed E-state index contributed by atoms with van der Waals surface area (Å²) in [6.45, 7) is 7.97. The van der Waals surface area contributed by atoms with Gasteiger partial charge in [0.05, 0.1) is 30.8 Å². The van der Waals surface area contributed by atoms with Gasteiger partial charge in [-0.05, 0) is 18.8 Å². The van der Waals surface area contributed by atoms with Crippen molar-refractivity contribution in [3.63, 3.8) is 0 Å². The summed E-state index contributed by atoms with van der Waals surface area (Å²) in [6, 6.07) is -0.234. The van der Waals surface area contributed by atoms with Crippen LogP contribution >= 0.6 is 0 Å². The van der Waals surface area contributed by atoms with Crippen LogP contribution in [0.3, 0.4) is 0 Å². The minimum Gasteiger partial charge on any atom is -0.379 e. The number of nitrogens with one attached hydrogen (secondary N) is 1. The molecule has 2 amide bonds. The summed E-state index contributed by atoms with van der Waals surface area (Å²) in [5.41, 5.74) is 0.305. The second-order valence-corrected chi connectivity index (χ2v) is 10.7. The maximum Gasteiger partial charge on any atom is 0.267 e. The van der Waals surface area contributed by atoms with Crippen molar-refractivity contribution >= 4 is 27.4 Å². The number of hydrazone groups is 1. The van der Waals surface area contributed by atoms with Gasteiger partial charge in [0, 0.05) is 38.5 Å². The van der Waals surface area contributed by atoms with E-state index in [0.717, 1.165) is 19.5 Å². The zero-order valence-corrected chi connectivity index (χ0v) is 18.1. The fraction of sp³-hybridized carbons (Fsp3) is 0.842. The molecule has 164 valence electrons. The molecule has 0 aromatic carbocycles. The van der Waals surface area contributed by atoms with E-state index in [4.69, 9.17) is 4.74 Å². The molecule has 0 aliphatic carbocycles. The minimum absolute atomic E-state index is 0.0644. The molecule has 9 nitrogen and oxygen atoms in total. The molecule has 3 heterocycles. The topological polar surface area (TPSA) is 108 Å². The fourth-order valence-corrected chi connectivity index (χ4v) is 5.84. The lowest BCUT2D eigenvalue weighted by Crippen LogP contribution is -2.50. The lowest BCUT2D eigenvalue weighted by Gasteiger charge is -2.35. The summed E-state index contributed by atoms with van der Waals surface area (Å²) in [6.07, 6.45) is 1.81. The highest BCUT2D eigenvalue weighted by Crippen LogP contribution is 2.22. The molecular weight excluding hydrogens is 396 g/mol. The van der Waals surface area contributed by atoms with Gasteiger partial charge in [-0.2, -0.15) is 5.10 Å². The van der Waals surface area contributed by atoms with E-state index in [1.165, 1.54) is 5.01 Å². The number of hydrogen-bond donors (Lipinski definition) is 1. The Morgan fingerprint density at radius 3 is 2.62 bits per heavy atom. The van der Waals surface area contributed by atoms with Crippen molar-refractivity contribution in [3.05, 3.63) is 0 Å². The van der Waals surface area contributed by atoms with Crippen molar-refractivity contribution in [2.45, 2.75) is 51.6 Å². The zero-order chi connectivity index (χ0) is 21.0. The Hall–Kier alpha value is -1.52. The molecule has 2 saturated heterocycles. The molecule has 29 heavy (non-hydrogen) atoms. The summed E-state index contributed by atoms with van der Waals surface area (Å²) in [5.74, 6) is 0.00347. The molecule has 3 aliphatic heterocycles. The molecule has 3 aliphatic rings. The number of morpholine rings is 1. The van der Waals surface area contributed by atoms with E-state index >= 15 is 0 Å². The van der Waals surface area contributed by atoms with E-state index in [1.54, 1.807) is 0 Å². The molecule has 3 rings (SSSR count). The highest BCUT2D eigenvalue weighted by atomic mass is 32.2. The first-order valence-corrected chi connectivity index (χ1v) is 12.3. The SMILES string of the molecule is CC(C)CC(CNC(=O)C1=NN(C2CCS(=O)(=O)C2)C(=O)CC1)N1CCOCC1. The molecule has 0 aromatic rings. The predicted octanol–water partition coefficient (Wildman–Crippen LogP) is 0.0150. The molecule has 2 atom stereocenters. The Balaban J connectivity index is 1.62. The largest absolute Gasteiger partial charge is 0.379 e. The third-order valence-electron chi connectivity index (χ3n) is 5.68. The zero-order valence-electron chi connectivity index (χ0n) is 17.3. The van der Waals surface area contributed by atoms with Gasteiger partial charge < -0.3 is 10.1 Å². The molecule has 2 fully saturated rings. The van der Waals surface area contributed by atoms with E-state index in [-0.39, 0.29) is 42.2 Å². The molecule has 0 aromatic heterocycles. The van der Waals surface area contributed by atoms with Crippen LogP contribution in [0.1, 0.15) is 39.5 Å². The average Bonchev–Trinajstić information content (AvgIpc) is 3.05. The van der Waals surface area contributed by atoms with Gasteiger partial charge in [0.1, 0.15) is 5.71 Å². The van der Waals surface area contributed by atoms with Gasteiger partial charge in [-0.1, -0.05) is 13.8 Å². The van der Waals surface area contributed by atoms with E-state index in [0.29, 0.717) is 37.8 Å². The molecule has 10 heteroatoms. The Kier molecular flexibility index (Phi) is 7.28. The van der Waals surface area contributed by atoms with Gasteiger partial charge in [-0.15, -0.1) is 0 Å². The Morgan fingerprint density at radius 2 is 2.00 bits per heavy atom. The highest BCUT2D eigenvalue weighted by molar-refractivity contribution is 7.91. The van der Waals surface area contributed by atoms with Crippen LogP contribution in [0.2, 0.25) is 0 Å². The van der Waals surface area contributed by atoms with Gasteiger partial charge in [-0.3, -0.25) is 14.5 Å². The van der Waals surface area contributed by atoms with Crippen molar-refractivity contribution < 1.29 is 22.7 Å². The number of carbonyl (C=O) groups excluding carboxylic acids is 2. The number of carbonyl (C=O) groups is 2. The van der Waals surface area contributed by atoms with Crippen LogP contribution in [-0.2, 0) is 24.2 Å². The van der Waals surface area contributed by atoms with Crippen molar-refractivity contribution in [1.29, 1.82) is 0 Å². The summed E-state index contributed by atoms with van der Waals surface area (Å²) in [5, 5.41) is 8.47. The Bertz CT molecular complexity index is 746. The van der Waals surface area contributed by atoms with Gasteiger partial charge in [0.15, 0.2) is 9.84 Å². The lowest BCUT2D eigenvalue weighted by molar-refractivity contribution is -0.133. The van der Waals surface area contributed by atoms with Crippen LogP contribution in [0.15, 0.2) is 5.10 Å². The molecule has 2 unspecified atom stereocenters. The smallest absolute Gasteiger partial charge is 0.267 e. The standard InChI is InChI=1S/C19H32N4O5S/c1-14(2)11-16(22-6-8-28-9-7-22)12-20-19(25)17-3-4-18(24)23(21-17)15-5-10-29(26,27)13-15/h14-16H,3-13H2,1-2H3,(H,20,25). The maximum atomic E-state index is 12.7. The summed E-state index contributed by atoms with van der Waals surface area (Å²) >= 11 is 0. The number of sulfone groups is 1. The lowest BCUT2D eigenvalue weighted by atomic mass is 10.0. The van der Waals surface area contributed by atoms with Crippen LogP contribution in [-0.4, -0.2) is 92.3 Å². The van der Waals surface area contributed by atoms with Crippen LogP contribution in [0.4, 0.5) is 0 Å². The molecule has 0 saturated carbocycles. The van der Waals surface area contributed by atoms with Crippen LogP contribution in [0.5, 0.6) is 0 Å². The number of nitrogens with zero attached hydrogens (tertiary/aromatic N) is 3. The summed E-state index contributed by atoms with van der Waals surface area (Å²) in [4.78, 5) is 27.3. The van der Waals surface area contributed by atoms with E-state index in [9.17, 15) is 18.0 Å². The monoisotopic (exact) mass is 428 g/mol. The van der Waals surface area contributed by atoms with E-state index < -0.39 is 15.9 Å². The van der Waals surface area contributed by atoms with Crippen LogP contribution < -0.4 is 5.32 Å². The molecule has 0 radical (unpaired) electrons. The number of rotatable bonds is 7. The van der Waals surface area contributed by atoms with Crippen LogP contribution in [0.25, 0.3) is 0 Å². The first kappa shape index (κ1) is 22.2. The number of ether oxygens (including phenoxy) is 1. The van der Waals surface area contributed by atoms with Gasteiger partial charge >= 0.3 is 0 Å². The summed E-state index contributed by atoms with van der Waals surface area (Å²) in [7, 11) is -3.13. The van der Waals surface area contributed by atoms with Gasteiger partial charge in [0.2, 0.25) is 5.91 Å². The molecule has 0 spiro atoms. The third-order valence-corrected chi connectivity index (χ3v) is 7.43. The molecular formula is C19H32N4O5S. The van der Waals surface area contributed by atoms with Gasteiger partial charge in [-0.25, -0.2) is 13.4 Å². The third kappa shape index (κ3) is 5.99. The number of hydrogen-bond acceptors (Lipinski definition) is 7. The second-order valence-electron chi connectivity index (χ2n) is 8.48. The normalized spacial score (nSPS) is 26.4. The fourth-order valence-electron chi connectivity index (χ4n) is 4.15. The van der Waals surface area contributed by atoms with Crippen molar-refractivity contribution in [2.24, 2.45) is 11.0 Å². The summed E-state index contributed by atoms with van der Waals surface area (Å²) < 4.78 is 28.9. The quantitative estimate of drug-likeness (QED) is 0.612. The number of amides is 2. The first-order chi connectivity index (χ1) is 13.7. The molecule has 1 N–H and O–H groups in total. The maximum absolute atomic E-state index is 12.7. The Labute approximate surface area is 172 Å². The highest BCUT2D eigenvalue weighted by Gasteiger charge is 2.37. The van der Waals surface area contributed by atoms with Gasteiger partial charge in [0.25, 0.3) is 5.91 Å². The first-order valence-electron chi connectivity index (χ1n) is 10.4.